The van der Waals surface area contributed by atoms with Crippen molar-refractivity contribution in [1.29, 1.82) is 0 Å². The molecule has 2 N–H and O–H groups in total. The third-order valence-corrected chi connectivity index (χ3v) is 2.91. The lowest BCUT2D eigenvalue weighted by Gasteiger charge is -2.12. The van der Waals surface area contributed by atoms with Gasteiger partial charge in [0.1, 0.15) is 0 Å². The summed E-state index contributed by atoms with van der Waals surface area (Å²) in [5.41, 5.74) is 8.79. The van der Waals surface area contributed by atoms with Crippen LogP contribution in [0.15, 0.2) is 24.3 Å². The topological polar surface area (TPSA) is 35.2 Å². The summed E-state index contributed by atoms with van der Waals surface area (Å²) in [6.07, 6.45) is 4.06. The van der Waals surface area contributed by atoms with E-state index in [9.17, 15) is 0 Å². The van der Waals surface area contributed by atoms with Gasteiger partial charge in [0.2, 0.25) is 0 Å². The highest BCUT2D eigenvalue weighted by atomic mass is 16.5. The van der Waals surface area contributed by atoms with E-state index in [1.807, 2.05) is 0 Å². The minimum absolute atomic E-state index is 0.208. The molecular formula is C15H25NO. The smallest absolute Gasteiger partial charge is 0.0480 e. The first-order valence-corrected chi connectivity index (χ1v) is 6.67. The first-order chi connectivity index (χ1) is 8.26. The van der Waals surface area contributed by atoms with Gasteiger partial charge in [0.25, 0.3) is 0 Å². The number of ether oxygens (including phenoxy) is 1. The van der Waals surface area contributed by atoms with Crippen molar-refractivity contribution in [3.05, 3.63) is 35.4 Å². The number of hydrogen-bond donors (Lipinski definition) is 1. The fourth-order valence-electron chi connectivity index (χ4n) is 1.80. The van der Waals surface area contributed by atoms with E-state index in [-0.39, 0.29) is 6.04 Å². The molecule has 0 aliphatic carbocycles. The van der Waals surface area contributed by atoms with Crippen LogP contribution in [0.4, 0.5) is 0 Å². The van der Waals surface area contributed by atoms with E-state index in [0.29, 0.717) is 0 Å². The normalized spacial score (nSPS) is 12.6. The Bertz CT molecular complexity index is 294. The van der Waals surface area contributed by atoms with Gasteiger partial charge in [0.05, 0.1) is 0 Å². The molecule has 17 heavy (non-hydrogen) atoms. The number of benzene rings is 1. The highest BCUT2D eigenvalue weighted by molar-refractivity contribution is 5.23. The van der Waals surface area contributed by atoms with E-state index >= 15 is 0 Å². The molecule has 0 spiro atoms. The summed E-state index contributed by atoms with van der Waals surface area (Å²) in [5, 5.41) is 0. The molecule has 1 rings (SSSR count). The van der Waals surface area contributed by atoms with Crippen LogP contribution in [0.1, 0.15) is 37.8 Å². The number of aryl methyl sites for hydroxylation is 1. The van der Waals surface area contributed by atoms with Gasteiger partial charge in [-0.05, 0) is 36.8 Å². The van der Waals surface area contributed by atoms with E-state index in [0.717, 1.165) is 38.9 Å². The lowest BCUT2D eigenvalue weighted by molar-refractivity contribution is 0.127. The summed E-state index contributed by atoms with van der Waals surface area (Å²) in [6, 6.07) is 8.96. The fraction of sp³-hybridized carbons (Fsp3) is 0.600. The number of rotatable bonds is 8. The van der Waals surface area contributed by atoms with Gasteiger partial charge in [-0.25, -0.2) is 0 Å². The molecule has 1 aromatic carbocycles. The minimum atomic E-state index is 0.208. The molecule has 0 amide bonds. The van der Waals surface area contributed by atoms with Crippen molar-refractivity contribution in [2.45, 2.75) is 45.6 Å². The molecule has 0 aliphatic rings. The van der Waals surface area contributed by atoms with Crippen molar-refractivity contribution in [2.75, 3.05) is 13.2 Å². The van der Waals surface area contributed by atoms with E-state index in [2.05, 4.69) is 38.1 Å². The van der Waals surface area contributed by atoms with Gasteiger partial charge in [0.15, 0.2) is 0 Å². The Hall–Kier alpha value is -0.860. The standard InChI is InChI=1S/C15H25NO/c1-3-10-17-11-9-15(16)12-14-7-5-13(4-2)6-8-14/h5-8,15H,3-4,9-12,16H2,1-2H3. The highest BCUT2D eigenvalue weighted by Gasteiger charge is 2.04. The molecule has 0 bridgehead atoms. The van der Waals surface area contributed by atoms with E-state index in [4.69, 9.17) is 10.5 Å². The SMILES string of the molecule is CCCOCCC(N)Cc1ccc(CC)cc1. The molecule has 0 aromatic heterocycles. The molecular weight excluding hydrogens is 210 g/mol. The van der Waals surface area contributed by atoms with Gasteiger partial charge < -0.3 is 10.5 Å². The second-order valence-corrected chi connectivity index (χ2v) is 4.54. The Morgan fingerprint density at radius 1 is 1.06 bits per heavy atom. The molecule has 96 valence electrons. The van der Waals surface area contributed by atoms with Crippen molar-refractivity contribution < 1.29 is 4.74 Å². The van der Waals surface area contributed by atoms with Crippen LogP contribution in [-0.2, 0) is 17.6 Å². The largest absolute Gasteiger partial charge is 0.381 e. The molecule has 2 heteroatoms. The van der Waals surface area contributed by atoms with E-state index in [1.54, 1.807) is 0 Å². The summed E-state index contributed by atoms with van der Waals surface area (Å²) < 4.78 is 5.45. The molecule has 0 saturated carbocycles. The van der Waals surface area contributed by atoms with Gasteiger partial charge in [-0.15, -0.1) is 0 Å². The maximum atomic E-state index is 6.08. The molecule has 0 fully saturated rings. The van der Waals surface area contributed by atoms with E-state index in [1.165, 1.54) is 11.1 Å². The molecule has 2 nitrogen and oxygen atoms in total. The average Bonchev–Trinajstić information content (AvgIpc) is 2.36. The monoisotopic (exact) mass is 235 g/mol. The van der Waals surface area contributed by atoms with Crippen molar-refractivity contribution in [1.82, 2.24) is 0 Å². The van der Waals surface area contributed by atoms with Gasteiger partial charge in [-0.2, -0.15) is 0 Å². The van der Waals surface area contributed by atoms with Gasteiger partial charge in [-0.3, -0.25) is 0 Å². The predicted octanol–water partition coefficient (Wildman–Crippen LogP) is 2.94. The molecule has 1 aromatic rings. The molecule has 0 radical (unpaired) electrons. The van der Waals surface area contributed by atoms with Crippen molar-refractivity contribution in [2.24, 2.45) is 5.73 Å². The van der Waals surface area contributed by atoms with Crippen LogP contribution < -0.4 is 5.73 Å². The van der Waals surface area contributed by atoms with E-state index < -0.39 is 0 Å². The van der Waals surface area contributed by atoms with Crippen LogP contribution in [0.2, 0.25) is 0 Å². The Morgan fingerprint density at radius 2 is 1.71 bits per heavy atom. The number of hydrogen-bond acceptors (Lipinski definition) is 2. The average molecular weight is 235 g/mol. The zero-order valence-corrected chi connectivity index (χ0v) is 11.1. The zero-order chi connectivity index (χ0) is 12.5. The summed E-state index contributed by atoms with van der Waals surface area (Å²) >= 11 is 0. The van der Waals surface area contributed by atoms with Crippen LogP contribution >= 0.6 is 0 Å². The van der Waals surface area contributed by atoms with Gasteiger partial charge in [-0.1, -0.05) is 38.1 Å². The second-order valence-electron chi connectivity index (χ2n) is 4.54. The lowest BCUT2D eigenvalue weighted by atomic mass is 10.0. The fourth-order valence-corrected chi connectivity index (χ4v) is 1.80. The van der Waals surface area contributed by atoms with Gasteiger partial charge >= 0.3 is 0 Å². The minimum Gasteiger partial charge on any atom is -0.381 e. The summed E-state index contributed by atoms with van der Waals surface area (Å²) in [5.74, 6) is 0. The van der Waals surface area contributed by atoms with Crippen LogP contribution in [0.25, 0.3) is 0 Å². The van der Waals surface area contributed by atoms with Crippen LogP contribution in [0.5, 0.6) is 0 Å². The van der Waals surface area contributed by atoms with Crippen molar-refractivity contribution in [3.63, 3.8) is 0 Å². The Kier molecular flexibility index (Phi) is 6.90. The van der Waals surface area contributed by atoms with Crippen LogP contribution in [-0.4, -0.2) is 19.3 Å². The van der Waals surface area contributed by atoms with Crippen molar-refractivity contribution >= 4 is 0 Å². The first-order valence-electron chi connectivity index (χ1n) is 6.67. The highest BCUT2D eigenvalue weighted by Crippen LogP contribution is 2.08. The maximum Gasteiger partial charge on any atom is 0.0480 e. The maximum absolute atomic E-state index is 6.08. The zero-order valence-electron chi connectivity index (χ0n) is 11.1. The predicted molar refractivity (Wildman–Crippen MR) is 73.2 cm³/mol. The quantitative estimate of drug-likeness (QED) is 0.703. The molecule has 0 aliphatic heterocycles. The lowest BCUT2D eigenvalue weighted by Crippen LogP contribution is -2.24. The summed E-state index contributed by atoms with van der Waals surface area (Å²) in [4.78, 5) is 0. The Balaban J connectivity index is 2.26. The summed E-state index contributed by atoms with van der Waals surface area (Å²) in [7, 11) is 0. The first kappa shape index (κ1) is 14.2. The third kappa shape index (κ3) is 5.85. The molecule has 0 heterocycles. The number of nitrogens with two attached hydrogens (primary N) is 1. The molecule has 1 unspecified atom stereocenters. The molecule has 1 atom stereocenters. The summed E-state index contributed by atoms with van der Waals surface area (Å²) in [6.45, 7) is 5.92. The van der Waals surface area contributed by atoms with Gasteiger partial charge in [0, 0.05) is 19.3 Å². The second kappa shape index (κ2) is 8.26. The Labute approximate surface area is 105 Å². The third-order valence-electron chi connectivity index (χ3n) is 2.91. The molecule has 0 saturated heterocycles. The van der Waals surface area contributed by atoms with Crippen LogP contribution in [0, 0.1) is 0 Å². The van der Waals surface area contributed by atoms with Crippen LogP contribution in [0.3, 0.4) is 0 Å². The van der Waals surface area contributed by atoms with Crippen molar-refractivity contribution in [3.8, 4) is 0 Å². The Morgan fingerprint density at radius 3 is 2.29 bits per heavy atom.